The molecule has 10 rings (SSSR count). The number of hydrogen-bond donors (Lipinski definition) is 1. The van der Waals surface area contributed by atoms with Crippen molar-refractivity contribution in [2.45, 2.75) is 39.2 Å². The van der Waals surface area contributed by atoms with Crippen molar-refractivity contribution < 1.29 is 9.47 Å². The number of aryl methyl sites for hydroxylation is 1. The van der Waals surface area contributed by atoms with Crippen LogP contribution in [0.25, 0.3) is 56.2 Å². The Labute approximate surface area is 384 Å². The van der Waals surface area contributed by atoms with Crippen molar-refractivity contribution in [1.29, 1.82) is 0 Å². The summed E-state index contributed by atoms with van der Waals surface area (Å²) < 4.78 is 12.1. The summed E-state index contributed by atoms with van der Waals surface area (Å²) in [4.78, 5) is 0. The van der Waals surface area contributed by atoms with Gasteiger partial charge in [-0.1, -0.05) is 172 Å². The number of fused-ring (bicyclic) bond motifs is 4. The molecule has 2 aliphatic rings. The van der Waals surface area contributed by atoms with Gasteiger partial charge in [0.1, 0.15) is 17.2 Å². The molecule has 65 heavy (non-hydrogen) atoms. The molecule has 0 saturated heterocycles. The zero-order chi connectivity index (χ0) is 44.8. The molecule has 2 N–H and O–H groups in total. The smallest absolute Gasteiger partial charge is 0.134 e. The van der Waals surface area contributed by atoms with E-state index < -0.39 is 0 Å². The molecule has 0 radical (unpaired) electrons. The van der Waals surface area contributed by atoms with Gasteiger partial charge in [0, 0.05) is 17.5 Å². The van der Waals surface area contributed by atoms with Crippen LogP contribution in [-0.4, -0.2) is 0 Å². The highest BCUT2D eigenvalue weighted by Gasteiger charge is 2.35. The standard InChI is InChI=1S/C55H44O2.C7H9N/c1-37-12-9-10-31-56-54-30-26-43(35-50(37)54)46-33-40(32-45(34-46)42-23-27-47(28-24-42)57-53-18-8-5-13-38(53)2)15-11-14-39-19-21-41(22-20-39)44-25-29-49-48-16-6-7-17-51(48)55(3,4)52(49)36-44;8-6-7-4-2-1-3-5-7/h5-13,15-36H,1,14H2,2-4H3;1-5H,6,8H2/b12-9-,15-11-,31-10-;. The SMILES string of the molecule is C=C1/C=C\C=C/Oc2ccc(-c3cc(/C=C\Cc4ccc(-c5ccc6c(c5)C(C)(C)c5ccccc5-6)cc4)cc(-c4ccc(Oc5ccccc5C)cc4)c3)cc21.NCc1ccccc1. The predicted molar refractivity (Wildman–Crippen MR) is 273 cm³/mol. The summed E-state index contributed by atoms with van der Waals surface area (Å²) in [5.74, 6) is 2.47. The van der Waals surface area contributed by atoms with Crippen LogP contribution >= 0.6 is 0 Å². The average Bonchev–Trinajstić information content (AvgIpc) is 3.57. The summed E-state index contributed by atoms with van der Waals surface area (Å²) in [6.45, 7) is 11.7. The van der Waals surface area contributed by atoms with Gasteiger partial charge >= 0.3 is 0 Å². The first-order chi connectivity index (χ1) is 31.7. The van der Waals surface area contributed by atoms with Crippen LogP contribution in [0.1, 0.15) is 52.8 Å². The van der Waals surface area contributed by atoms with Crippen LogP contribution in [0.4, 0.5) is 0 Å². The second-order valence-electron chi connectivity index (χ2n) is 17.2. The molecular formula is C62H53NO2. The van der Waals surface area contributed by atoms with Crippen molar-refractivity contribution in [3.05, 3.63) is 258 Å². The van der Waals surface area contributed by atoms with Gasteiger partial charge in [-0.3, -0.25) is 0 Å². The van der Waals surface area contributed by atoms with Crippen LogP contribution in [0.15, 0.2) is 219 Å². The Morgan fingerprint density at radius 1 is 0.569 bits per heavy atom. The zero-order valence-corrected chi connectivity index (χ0v) is 37.3. The van der Waals surface area contributed by atoms with Gasteiger partial charge in [0.15, 0.2) is 0 Å². The maximum atomic E-state index is 6.22. The molecule has 1 heterocycles. The topological polar surface area (TPSA) is 44.5 Å². The number of rotatable bonds is 9. The fraction of sp³-hybridized carbons (Fsp3) is 0.0968. The van der Waals surface area contributed by atoms with Gasteiger partial charge in [-0.2, -0.15) is 0 Å². The number of nitrogens with two attached hydrogens (primary N) is 1. The molecule has 0 atom stereocenters. The van der Waals surface area contributed by atoms with E-state index in [2.05, 4.69) is 155 Å². The highest BCUT2D eigenvalue weighted by atomic mass is 16.5. The van der Waals surface area contributed by atoms with Gasteiger partial charge in [-0.05, 0) is 157 Å². The summed E-state index contributed by atoms with van der Waals surface area (Å²) >= 11 is 0. The third-order valence-electron chi connectivity index (χ3n) is 12.4. The fourth-order valence-corrected chi connectivity index (χ4v) is 8.74. The summed E-state index contributed by atoms with van der Waals surface area (Å²) in [6, 6.07) is 64.4. The van der Waals surface area contributed by atoms with Crippen LogP contribution in [0.3, 0.4) is 0 Å². The quantitative estimate of drug-likeness (QED) is 0.157. The minimum Gasteiger partial charge on any atom is -0.464 e. The van der Waals surface area contributed by atoms with Crippen molar-refractivity contribution in [2.75, 3.05) is 0 Å². The summed E-state index contributed by atoms with van der Waals surface area (Å²) in [5.41, 5.74) is 24.4. The lowest BCUT2D eigenvalue weighted by Crippen LogP contribution is -2.14. The molecule has 0 aromatic heterocycles. The Kier molecular flexibility index (Phi) is 12.4. The minimum atomic E-state index is -0.0140. The number of ether oxygens (including phenoxy) is 2. The third-order valence-corrected chi connectivity index (χ3v) is 12.4. The Morgan fingerprint density at radius 2 is 1.22 bits per heavy atom. The first-order valence-corrected chi connectivity index (χ1v) is 22.3. The molecule has 3 nitrogen and oxygen atoms in total. The van der Waals surface area contributed by atoms with E-state index in [4.69, 9.17) is 15.2 Å². The molecule has 0 bridgehead atoms. The molecule has 0 fully saturated rings. The molecule has 1 aliphatic heterocycles. The summed E-state index contributed by atoms with van der Waals surface area (Å²) in [6.07, 6.45) is 12.9. The van der Waals surface area contributed by atoms with E-state index in [1.165, 1.54) is 44.5 Å². The lowest BCUT2D eigenvalue weighted by atomic mass is 9.81. The van der Waals surface area contributed by atoms with Crippen LogP contribution < -0.4 is 15.2 Å². The van der Waals surface area contributed by atoms with Gasteiger partial charge in [0.05, 0.1) is 6.26 Å². The first-order valence-electron chi connectivity index (χ1n) is 22.3. The third kappa shape index (κ3) is 9.48. The molecule has 318 valence electrons. The van der Waals surface area contributed by atoms with E-state index in [9.17, 15) is 0 Å². The van der Waals surface area contributed by atoms with Gasteiger partial charge in [-0.25, -0.2) is 0 Å². The van der Waals surface area contributed by atoms with E-state index >= 15 is 0 Å². The minimum absolute atomic E-state index is 0.0140. The first kappa shape index (κ1) is 42.6. The largest absolute Gasteiger partial charge is 0.464 e. The zero-order valence-electron chi connectivity index (χ0n) is 37.3. The molecule has 8 aromatic carbocycles. The van der Waals surface area contributed by atoms with E-state index in [-0.39, 0.29) is 5.41 Å². The van der Waals surface area contributed by atoms with Crippen molar-refractivity contribution >= 4 is 11.6 Å². The molecular weight excluding hydrogens is 791 g/mol. The second kappa shape index (κ2) is 18.9. The average molecular weight is 844 g/mol. The number of hydrogen-bond acceptors (Lipinski definition) is 3. The van der Waals surface area contributed by atoms with Gasteiger partial charge < -0.3 is 15.2 Å². The number of benzene rings is 8. The van der Waals surface area contributed by atoms with E-state index in [0.29, 0.717) is 6.54 Å². The van der Waals surface area contributed by atoms with Gasteiger partial charge in [0.25, 0.3) is 0 Å². The van der Waals surface area contributed by atoms with Crippen molar-refractivity contribution in [3.8, 4) is 61.8 Å². The molecule has 8 aromatic rings. The molecule has 0 amide bonds. The van der Waals surface area contributed by atoms with E-state index in [1.807, 2.05) is 85.0 Å². The lowest BCUT2D eigenvalue weighted by molar-refractivity contribution is 0.479. The maximum Gasteiger partial charge on any atom is 0.134 e. The molecule has 0 saturated carbocycles. The Hall–Kier alpha value is -7.72. The second-order valence-corrected chi connectivity index (χ2v) is 17.2. The molecule has 0 spiro atoms. The van der Waals surface area contributed by atoms with Crippen LogP contribution in [0, 0.1) is 6.92 Å². The Bertz CT molecular complexity index is 3080. The van der Waals surface area contributed by atoms with Gasteiger partial charge in [-0.15, -0.1) is 0 Å². The van der Waals surface area contributed by atoms with Gasteiger partial charge in [0.2, 0.25) is 0 Å². The Morgan fingerprint density at radius 3 is 1.98 bits per heavy atom. The molecule has 1 aliphatic carbocycles. The monoisotopic (exact) mass is 843 g/mol. The maximum absolute atomic E-state index is 6.22. The van der Waals surface area contributed by atoms with Crippen molar-refractivity contribution in [2.24, 2.45) is 5.73 Å². The fourth-order valence-electron chi connectivity index (χ4n) is 8.74. The number of allylic oxidation sites excluding steroid dienone is 5. The highest BCUT2D eigenvalue weighted by molar-refractivity contribution is 5.85. The molecule has 0 unspecified atom stereocenters. The highest BCUT2D eigenvalue weighted by Crippen LogP contribution is 2.49. The number of para-hydroxylation sites is 1. The van der Waals surface area contributed by atoms with E-state index in [1.54, 1.807) is 6.26 Å². The van der Waals surface area contributed by atoms with Crippen LogP contribution in [0.2, 0.25) is 0 Å². The normalized spacial score (nSPS) is 14.1. The summed E-state index contributed by atoms with van der Waals surface area (Å²) in [5, 5.41) is 0. The lowest BCUT2D eigenvalue weighted by Gasteiger charge is -2.22. The predicted octanol–water partition coefficient (Wildman–Crippen LogP) is 16.0. The summed E-state index contributed by atoms with van der Waals surface area (Å²) in [7, 11) is 0. The van der Waals surface area contributed by atoms with Crippen molar-refractivity contribution in [1.82, 2.24) is 0 Å². The Balaban J connectivity index is 0.000000603. The van der Waals surface area contributed by atoms with E-state index in [0.717, 1.165) is 68.2 Å². The van der Waals surface area contributed by atoms with Crippen LogP contribution in [-0.2, 0) is 18.4 Å². The molecule has 3 heteroatoms. The van der Waals surface area contributed by atoms with Crippen LogP contribution in [0.5, 0.6) is 17.2 Å². The van der Waals surface area contributed by atoms with Crippen molar-refractivity contribution in [3.63, 3.8) is 0 Å².